The Hall–Kier alpha value is -4.71. The molecule has 8 rings (SSSR count). The summed E-state index contributed by atoms with van der Waals surface area (Å²) in [5.41, 5.74) is 7.45. The number of pyridine rings is 3. The SMILES string of the molecule is CCOc1nccc(-c2nc([C@@]3(C=O)CN(C(=O)c4cc(OC5CC5)n5nc(C6CC6)cc5c4)C3C)cc3c2OC[C@]3(C)C(N)=O)c1Cl. The fraction of sp³-hybridized carbons (Fsp3) is 0.429. The van der Waals surface area contributed by atoms with Crippen LogP contribution in [0.5, 0.6) is 17.5 Å². The zero-order valence-electron chi connectivity index (χ0n) is 26.9. The predicted molar refractivity (Wildman–Crippen MR) is 175 cm³/mol. The minimum Gasteiger partial charge on any atom is -0.489 e. The second-order valence-electron chi connectivity index (χ2n) is 13.5. The summed E-state index contributed by atoms with van der Waals surface area (Å²) in [7, 11) is 0. The highest BCUT2D eigenvalue weighted by atomic mass is 35.5. The maximum atomic E-state index is 14.1. The number of likely N-dealkylation sites (tertiary alicyclic amines) is 1. The first-order valence-electron chi connectivity index (χ1n) is 16.3. The van der Waals surface area contributed by atoms with Crippen molar-refractivity contribution in [2.45, 2.75) is 75.3 Å². The van der Waals surface area contributed by atoms with Gasteiger partial charge in [-0.05, 0) is 70.7 Å². The van der Waals surface area contributed by atoms with Crippen molar-refractivity contribution in [1.29, 1.82) is 0 Å². The molecule has 2 aliphatic heterocycles. The average Bonchev–Trinajstić information content (AvgIpc) is 4.01. The van der Waals surface area contributed by atoms with Gasteiger partial charge in [0.05, 0.1) is 23.5 Å². The monoisotopic (exact) mass is 670 g/mol. The van der Waals surface area contributed by atoms with Crippen LogP contribution in [0.15, 0.2) is 36.5 Å². The number of nitrogens with two attached hydrogens (primary N) is 1. The summed E-state index contributed by atoms with van der Waals surface area (Å²) in [6.07, 6.45) is 6.65. The van der Waals surface area contributed by atoms with Crippen LogP contribution in [0.1, 0.15) is 79.7 Å². The van der Waals surface area contributed by atoms with Crippen molar-refractivity contribution < 1.29 is 28.6 Å². The number of aromatic nitrogens is 4. The number of primary amides is 1. The van der Waals surface area contributed by atoms with Crippen LogP contribution in [0, 0.1) is 0 Å². The number of nitrogens with zero attached hydrogens (tertiary/aromatic N) is 5. The summed E-state index contributed by atoms with van der Waals surface area (Å²) in [4.78, 5) is 50.9. The molecule has 13 heteroatoms. The molecule has 1 unspecified atom stereocenters. The second-order valence-corrected chi connectivity index (χ2v) is 13.9. The number of halogens is 1. The van der Waals surface area contributed by atoms with E-state index in [2.05, 4.69) is 4.98 Å². The Labute approximate surface area is 281 Å². The summed E-state index contributed by atoms with van der Waals surface area (Å²) in [5, 5.41) is 4.99. The third kappa shape index (κ3) is 4.63. The van der Waals surface area contributed by atoms with Crippen molar-refractivity contribution in [3.63, 3.8) is 0 Å². The van der Waals surface area contributed by atoms with Crippen molar-refractivity contribution in [2.75, 3.05) is 19.8 Å². The summed E-state index contributed by atoms with van der Waals surface area (Å²) in [6.45, 7) is 5.76. The van der Waals surface area contributed by atoms with E-state index in [1.165, 1.54) is 0 Å². The Bertz CT molecular complexity index is 2020. The van der Waals surface area contributed by atoms with Crippen LogP contribution in [0.25, 0.3) is 16.8 Å². The highest BCUT2D eigenvalue weighted by Gasteiger charge is 2.56. The number of carbonyl (C=O) groups excluding carboxylic acids is 3. The Balaban J connectivity index is 1.18. The molecule has 2 aliphatic carbocycles. The van der Waals surface area contributed by atoms with Crippen LogP contribution >= 0.6 is 11.6 Å². The minimum absolute atomic E-state index is 0.00410. The van der Waals surface area contributed by atoms with Crippen LogP contribution in [0.3, 0.4) is 0 Å². The molecule has 6 heterocycles. The average molecular weight is 671 g/mol. The molecule has 1 saturated heterocycles. The molecule has 3 atom stereocenters. The summed E-state index contributed by atoms with van der Waals surface area (Å²) in [5.74, 6) is 0.735. The zero-order valence-corrected chi connectivity index (χ0v) is 27.6. The number of amides is 2. The van der Waals surface area contributed by atoms with E-state index >= 15 is 0 Å². The van der Waals surface area contributed by atoms with E-state index in [1.54, 1.807) is 40.7 Å². The van der Waals surface area contributed by atoms with E-state index in [4.69, 9.17) is 41.6 Å². The molecule has 2 saturated carbocycles. The van der Waals surface area contributed by atoms with E-state index in [9.17, 15) is 14.4 Å². The molecular formula is C35H35ClN6O6. The van der Waals surface area contributed by atoms with Gasteiger partial charge in [-0.15, -0.1) is 0 Å². The number of fused-ring (bicyclic) bond motifs is 2. The molecule has 0 aromatic carbocycles. The number of rotatable bonds is 10. The maximum Gasteiger partial charge on any atom is 0.254 e. The van der Waals surface area contributed by atoms with Crippen LogP contribution < -0.4 is 19.9 Å². The molecule has 0 bridgehead atoms. The van der Waals surface area contributed by atoms with Gasteiger partial charge < -0.3 is 29.6 Å². The van der Waals surface area contributed by atoms with Gasteiger partial charge in [0.2, 0.25) is 17.7 Å². The molecule has 4 aliphatic rings. The largest absolute Gasteiger partial charge is 0.489 e. The van der Waals surface area contributed by atoms with Gasteiger partial charge in [0.15, 0.2) is 0 Å². The first-order valence-corrected chi connectivity index (χ1v) is 16.7. The molecule has 2 amide bonds. The van der Waals surface area contributed by atoms with Gasteiger partial charge in [-0.25, -0.2) is 14.5 Å². The standard InChI is InChI=1S/C35H35ClN6O6/c1-4-46-31-28(36)23(9-10-38-31)29-30-24(34(3,17-47-30)33(37)45)14-26(39-29)35(16-43)15-41(18(35)2)32(44)20-11-21-13-25(19-5-6-19)40-42(21)27(12-20)48-22-7-8-22/h9-14,16,18-19,22H,4-8,15,17H2,1-3H3,(H2,37,45)/t18?,34-,35+/m0/s1. The predicted octanol–water partition coefficient (Wildman–Crippen LogP) is 4.38. The van der Waals surface area contributed by atoms with Crippen LogP contribution in [0.4, 0.5) is 0 Å². The van der Waals surface area contributed by atoms with Crippen LogP contribution in [-0.4, -0.2) is 74.5 Å². The maximum absolute atomic E-state index is 14.1. The Kier molecular flexibility index (Phi) is 6.96. The van der Waals surface area contributed by atoms with Crippen molar-refractivity contribution in [3.05, 3.63) is 64.1 Å². The normalized spacial score (nSPS) is 24.5. The lowest BCUT2D eigenvalue weighted by molar-refractivity contribution is -0.123. The van der Waals surface area contributed by atoms with Gasteiger partial charge in [0.1, 0.15) is 46.3 Å². The van der Waals surface area contributed by atoms with Gasteiger partial charge in [-0.2, -0.15) is 5.10 Å². The van der Waals surface area contributed by atoms with Crippen LogP contribution in [-0.2, 0) is 20.4 Å². The summed E-state index contributed by atoms with van der Waals surface area (Å²) < 4.78 is 19.7. The highest BCUT2D eigenvalue weighted by Crippen LogP contribution is 2.50. The van der Waals surface area contributed by atoms with E-state index in [0.29, 0.717) is 52.2 Å². The minimum atomic E-state index is -1.19. The van der Waals surface area contributed by atoms with E-state index in [0.717, 1.165) is 43.2 Å². The van der Waals surface area contributed by atoms with Crippen molar-refractivity contribution in [2.24, 2.45) is 5.73 Å². The van der Waals surface area contributed by atoms with Gasteiger partial charge in [0, 0.05) is 47.5 Å². The lowest BCUT2D eigenvalue weighted by atomic mass is 9.69. The molecule has 248 valence electrons. The number of ether oxygens (including phenoxy) is 3. The molecular weight excluding hydrogens is 636 g/mol. The molecule has 12 nitrogen and oxygen atoms in total. The van der Waals surface area contributed by atoms with Crippen molar-refractivity contribution in [3.8, 4) is 28.8 Å². The highest BCUT2D eigenvalue weighted by molar-refractivity contribution is 6.34. The first-order chi connectivity index (χ1) is 23.1. The molecule has 4 aromatic rings. The Morgan fingerprint density at radius 2 is 1.98 bits per heavy atom. The van der Waals surface area contributed by atoms with E-state index in [-0.39, 0.29) is 36.1 Å². The molecule has 4 aromatic heterocycles. The lowest BCUT2D eigenvalue weighted by Gasteiger charge is -2.53. The van der Waals surface area contributed by atoms with E-state index < -0.39 is 22.8 Å². The Morgan fingerprint density at radius 3 is 2.65 bits per heavy atom. The third-order valence-corrected chi connectivity index (χ3v) is 10.6. The van der Waals surface area contributed by atoms with Gasteiger partial charge >= 0.3 is 0 Å². The first kappa shape index (κ1) is 30.6. The van der Waals surface area contributed by atoms with Gasteiger partial charge in [0.25, 0.3) is 5.91 Å². The van der Waals surface area contributed by atoms with Gasteiger partial charge in [-0.1, -0.05) is 11.6 Å². The molecule has 0 radical (unpaired) electrons. The smallest absolute Gasteiger partial charge is 0.254 e. The third-order valence-electron chi connectivity index (χ3n) is 10.2. The fourth-order valence-corrected chi connectivity index (χ4v) is 6.96. The van der Waals surface area contributed by atoms with Gasteiger partial charge in [-0.3, -0.25) is 9.59 Å². The number of carbonyl (C=O) groups is 3. The lowest BCUT2D eigenvalue weighted by Crippen LogP contribution is -2.68. The number of aldehydes is 1. The fourth-order valence-electron chi connectivity index (χ4n) is 6.71. The quantitative estimate of drug-likeness (QED) is 0.242. The molecule has 48 heavy (non-hydrogen) atoms. The number of hydrogen-bond donors (Lipinski definition) is 1. The Morgan fingerprint density at radius 1 is 1.19 bits per heavy atom. The zero-order chi connectivity index (χ0) is 33.5. The molecule has 2 N–H and O–H groups in total. The van der Waals surface area contributed by atoms with Crippen LogP contribution in [0.2, 0.25) is 5.02 Å². The number of hydrogen-bond acceptors (Lipinski definition) is 9. The topological polar surface area (TPSA) is 151 Å². The summed E-state index contributed by atoms with van der Waals surface area (Å²) in [6, 6.07) is 8.41. The van der Waals surface area contributed by atoms with E-state index in [1.807, 2.05) is 26.0 Å². The second kappa shape index (κ2) is 10.9. The van der Waals surface area contributed by atoms with Crippen molar-refractivity contribution >= 4 is 35.2 Å². The molecule has 0 spiro atoms. The summed E-state index contributed by atoms with van der Waals surface area (Å²) >= 11 is 6.77. The van der Waals surface area contributed by atoms with Crippen molar-refractivity contribution in [1.82, 2.24) is 24.5 Å². The molecule has 3 fully saturated rings.